The molecule has 0 bridgehead atoms. The van der Waals surface area contributed by atoms with Gasteiger partial charge in [-0.3, -0.25) is 9.78 Å². The molecule has 6 heteroatoms. The molecule has 1 amide bonds. The first-order valence-corrected chi connectivity index (χ1v) is 6.77. The smallest absolute Gasteiger partial charge is 0.225 e. The monoisotopic (exact) mass is 272 g/mol. The van der Waals surface area contributed by atoms with Gasteiger partial charge in [0.1, 0.15) is 5.82 Å². The zero-order valence-electron chi connectivity index (χ0n) is 10.1. The number of nitrogens with zero attached hydrogens (tertiary/aromatic N) is 2. The van der Waals surface area contributed by atoms with Crippen LogP contribution in [0.25, 0.3) is 11.0 Å². The van der Waals surface area contributed by atoms with Crippen LogP contribution in [0.3, 0.4) is 0 Å². The summed E-state index contributed by atoms with van der Waals surface area (Å²) < 4.78 is 0. The Labute approximate surface area is 113 Å². The van der Waals surface area contributed by atoms with E-state index in [2.05, 4.69) is 20.3 Å². The van der Waals surface area contributed by atoms with Gasteiger partial charge in [0, 0.05) is 11.1 Å². The number of carbonyl (C=O) groups excluding carboxylic acids is 1. The number of aromatic nitrogens is 3. The number of carbonyl (C=O) groups is 1. The number of benzene rings is 1. The van der Waals surface area contributed by atoms with Gasteiger partial charge in [0.05, 0.1) is 29.5 Å². The van der Waals surface area contributed by atoms with Crippen LogP contribution < -0.4 is 5.32 Å². The summed E-state index contributed by atoms with van der Waals surface area (Å²) in [6.07, 6.45) is 2.08. The Morgan fingerprint density at radius 2 is 2.26 bits per heavy atom. The minimum atomic E-state index is -0.0234. The lowest BCUT2D eigenvalue weighted by Gasteiger charge is -2.01. The Bertz CT molecular complexity index is 657. The molecule has 2 heterocycles. The van der Waals surface area contributed by atoms with Crippen molar-refractivity contribution in [3.63, 3.8) is 0 Å². The van der Waals surface area contributed by atoms with Crippen molar-refractivity contribution in [2.75, 3.05) is 0 Å². The zero-order valence-corrected chi connectivity index (χ0v) is 10.9. The molecule has 0 aliphatic carbocycles. The summed E-state index contributed by atoms with van der Waals surface area (Å²) in [5.74, 6) is 0.739. The predicted molar refractivity (Wildman–Crippen MR) is 73.8 cm³/mol. The Balaban J connectivity index is 1.61. The van der Waals surface area contributed by atoms with Gasteiger partial charge in [-0.2, -0.15) is 0 Å². The van der Waals surface area contributed by atoms with Gasteiger partial charge < -0.3 is 10.3 Å². The highest BCUT2D eigenvalue weighted by Crippen LogP contribution is 2.10. The molecule has 0 unspecified atom stereocenters. The average Bonchev–Trinajstić information content (AvgIpc) is 3.04. The second-order valence-electron chi connectivity index (χ2n) is 4.12. The van der Waals surface area contributed by atoms with Crippen LogP contribution in [0, 0.1) is 0 Å². The number of para-hydroxylation sites is 2. The van der Waals surface area contributed by atoms with Gasteiger partial charge in [-0.25, -0.2) is 4.98 Å². The molecule has 0 aliphatic rings. The Morgan fingerprint density at radius 3 is 3.05 bits per heavy atom. The van der Waals surface area contributed by atoms with Crippen LogP contribution in [0.4, 0.5) is 0 Å². The molecule has 0 saturated heterocycles. The van der Waals surface area contributed by atoms with Crippen molar-refractivity contribution in [2.45, 2.75) is 13.0 Å². The van der Waals surface area contributed by atoms with E-state index in [1.165, 1.54) is 11.3 Å². The van der Waals surface area contributed by atoms with Crippen molar-refractivity contribution in [1.82, 2.24) is 20.3 Å². The Hall–Kier alpha value is -2.21. The standard InChI is InChI=1S/C13H12N4OS/c18-13(5-9-6-14-8-19-9)15-7-12-16-10-3-1-2-4-11(10)17-12/h1-4,6,8H,5,7H2,(H,15,18)(H,16,17). The molecule has 96 valence electrons. The lowest BCUT2D eigenvalue weighted by atomic mass is 10.3. The largest absolute Gasteiger partial charge is 0.349 e. The maximum absolute atomic E-state index is 11.7. The molecule has 1 aromatic carbocycles. The third-order valence-electron chi connectivity index (χ3n) is 2.71. The highest BCUT2D eigenvalue weighted by molar-refractivity contribution is 7.09. The number of H-pyrrole nitrogens is 1. The van der Waals surface area contributed by atoms with Crippen LogP contribution >= 0.6 is 11.3 Å². The minimum absolute atomic E-state index is 0.0234. The number of fused-ring (bicyclic) bond motifs is 1. The molecular formula is C13H12N4OS. The fraction of sp³-hybridized carbons (Fsp3) is 0.154. The van der Waals surface area contributed by atoms with E-state index in [0.29, 0.717) is 13.0 Å². The number of thiazole rings is 1. The first-order valence-electron chi connectivity index (χ1n) is 5.89. The molecule has 0 radical (unpaired) electrons. The van der Waals surface area contributed by atoms with Crippen molar-refractivity contribution in [2.24, 2.45) is 0 Å². The van der Waals surface area contributed by atoms with Gasteiger partial charge >= 0.3 is 0 Å². The quantitative estimate of drug-likeness (QED) is 0.761. The highest BCUT2D eigenvalue weighted by Gasteiger charge is 2.06. The van der Waals surface area contributed by atoms with Gasteiger partial charge in [-0.1, -0.05) is 12.1 Å². The van der Waals surface area contributed by atoms with E-state index in [1.807, 2.05) is 24.3 Å². The first-order chi connectivity index (χ1) is 9.31. The van der Waals surface area contributed by atoms with Gasteiger partial charge in [0.25, 0.3) is 0 Å². The van der Waals surface area contributed by atoms with Crippen molar-refractivity contribution < 1.29 is 4.79 Å². The summed E-state index contributed by atoms with van der Waals surface area (Å²) in [6, 6.07) is 7.79. The van der Waals surface area contributed by atoms with E-state index in [0.717, 1.165) is 21.7 Å². The predicted octanol–water partition coefficient (Wildman–Crippen LogP) is 1.88. The highest BCUT2D eigenvalue weighted by atomic mass is 32.1. The number of rotatable bonds is 4. The average molecular weight is 272 g/mol. The van der Waals surface area contributed by atoms with Crippen LogP contribution in [0.1, 0.15) is 10.7 Å². The molecular weight excluding hydrogens is 260 g/mol. The van der Waals surface area contributed by atoms with Crippen molar-refractivity contribution in [1.29, 1.82) is 0 Å². The lowest BCUT2D eigenvalue weighted by Crippen LogP contribution is -2.24. The minimum Gasteiger partial charge on any atom is -0.349 e. The summed E-state index contributed by atoms with van der Waals surface area (Å²) in [6.45, 7) is 0.409. The van der Waals surface area contributed by atoms with Crippen molar-refractivity contribution >= 4 is 28.3 Å². The van der Waals surface area contributed by atoms with Crippen LogP contribution in [0.15, 0.2) is 36.0 Å². The summed E-state index contributed by atoms with van der Waals surface area (Å²) in [7, 11) is 0. The van der Waals surface area contributed by atoms with Gasteiger partial charge in [-0.15, -0.1) is 11.3 Å². The molecule has 0 aliphatic heterocycles. The normalized spacial score (nSPS) is 10.7. The molecule has 3 rings (SSSR count). The summed E-state index contributed by atoms with van der Waals surface area (Å²) >= 11 is 1.48. The molecule has 2 aromatic heterocycles. The number of hydrogen-bond acceptors (Lipinski definition) is 4. The maximum atomic E-state index is 11.7. The van der Waals surface area contributed by atoms with E-state index in [4.69, 9.17) is 0 Å². The first kappa shape index (κ1) is 11.9. The maximum Gasteiger partial charge on any atom is 0.225 e. The van der Waals surface area contributed by atoms with E-state index >= 15 is 0 Å². The zero-order chi connectivity index (χ0) is 13.1. The third kappa shape index (κ3) is 2.79. The van der Waals surface area contributed by atoms with Gasteiger partial charge in [0.2, 0.25) is 5.91 Å². The molecule has 0 fully saturated rings. The van der Waals surface area contributed by atoms with E-state index in [-0.39, 0.29) is 5.91 Å². The Morgan fingerprint density at radius 1 is 1.37 bits per heavy atom. The fourth-order valence-corrected chi connectivity index (χ4v) is 2.42. The van der Waals surface area contributed by atoms with Crippen molar-refractivity contribution in [3.8, 4) is 0 Å². The molecule has 0 saturated carbocycles. The molecule has 0 atom stereocenters. The van der Waals surface area contributed by atoms with Gasteiger partial charge in [-0.05, 0) is 12.1 Å². The van der Waals surface area contributed by atoms with Crippen LogP contribution in [0.5, 0.6) is 0 Å². The number of aromatic amines is 1. The summed E-state index contributed by atoms with van der Waals surface area (Å²) in [4.78, 5) is 24.2. The second kappa shape index (κ2) is 5.19. The fourth-order valence-electron chi connectivity index (χ4n) is 1.82. The van der Waals surface area contributed by atoms with Gasteiger partial charge in [0.15, 0.2) is 0 Å². The third-order valence-corrected chi connectivity index (χ3v) is 3.49. The molecule has 0 spiro atoms. The molecule has 3 aromatic rings. The summed E-state index contributed by atoms with van der Waals surface area (Å²) in [5, 5.41) is 2.84. The topological polar surface area (TPSA) is 70.7 Å². The molecule has 19 heavy (non-hydrogen) atoms. The molecule has 5 nitrogen and oxygen atoms in total. The van der Waals surface area contributed by atoms with Crippen LogP contribution in [-0.2, 0) is 17.8 Å². The summed E-state index contributed by atoms with van der Waals surface area (Å²) in [5.41, 5.74) is 3.62. The Kier molecular flexibility index (Phi) is 3.24. The molecule has 2 N–H and O–H groups in total. The van der Waals surface area contributed by atoms with Crippen LogP contribution in [0.2, 0.25) is 0 Å². The van der Waals surface area contributed by atoms with Crippen molar-refractivity contribution in [3.05, 3.63) is 46.7 Å². The van der Waals surface area contributed by atoms with E-state index < -0.39 is 0 Å². The van der Waals surface area contributed by atoms with E-state index in [1.54, 1.807) is 11.7 Å². The number of nitrogens with one attached hydrogen (secondary N) is 2. The van der Waals surface area contributed by atoms with E-state index in [9.17, 15) is 4.79 Å². The number of amides is 1. The number of imidazole rings is 1. The van der Waals surface area contributed by atoms with Crippen LogP contribution in [-0.4, -0.2) is 20.9 Å². The lowest BCUT2D eigenvalue weighted by molar-refractivity contribution is -0.120. The second-order valence-corrected chi connectivity index (χ2v) is 5.09. The number of hydrogen-bond donors (Lipinski definition) is 2. The SMILES string of the molecule is O=C(Cc1cncs1)NCc1nc2ccccc2[nH]1.